The third-order valence-electron chi connectivity index (χ3n) is 4.93. The van der Waals surface area contributed by atoms with Crippen LogP contribution in [-0.2, 0) is 14.8 Å². The molecule has 1 aliphatic heterocycles. The first-order chi connectivity index (χ1) is 13.9. The van der Waals surface area contributed by atoms with Gasteiger partial charge in [-0.1, -0.05) is 13.0 Å². The lowest BCUT2D eigenvalue weighted by molar-refractivity contribution is -0.118. The van der Waals surface area contributed by atoms with Gasteiger partial charge < -0.3 is 14.8 Å². The minimum atomic E-state index is -3.49. The van der Waals surface area contributed by atoms with Gasteiger partial charge >= 0.3 is 0 Å². The summed E-state index contributed by atoms with van der Waals surface area (Å²) in [5.74, 6) is 1.30. The van der Waals surface area contributed by atoms with Crippen molar-refractivity contribution in [1.29, 1.82) is 0 Å². The van der Waals surface area contributed by atoms with E-state index in [4.69, 9.17) is 9.47 Å². The van der Waals surface area contributed by atoms with Crippen molar-refractivity contribution in [3.63, 3.8) is 0 Å². The summed E-state index contributed by atoms with van der Waals surface area (Å²) in [6, 6.07) is 13.2. The van der Waals surface area contributed by atoms with Gasteiger partial charge in [-0.15, -0.1) is 0 Å². The number of amides is 1. The standard InChI is InChI=1S/C21H26N2O5S/c1-16-10-12-23(13-11-16)29(25,26)20-8-6-18(7-9-20)28-15-21(24)22-17-4-3-5-19(14-17)27-2/h3-9,14,16H,10-13,15H2,1-2H3,(H,22,24). The Morgan fingerprint density at radius 1 is 1.10 bits per heavy atom. The van der Waals surface area contributed by atoms with Gasteiger partial charge in [-0.25, -0.2) is 8.42 Å². The average Bonchev–Trinajstić information content (AvgIpc) is 2.73. The van der Waals surface area contributed by atoms with E-state index in [0.717, 1.165) is 12.8 Å². The minimum Gasteiger partial charge on any atom is -0.497 e. The fourth-order valence-electron chi connectivity index (χ4n) is 3.13. The van der Waals surface area contributed by atoms with Crippen LogP contribution >= 0.6 is 0 Å². The number of ether oxygens (including phenoxy) is 2. The lowest BCUT2D eigenvalue weighted by Crippen LogP contribution is -2.37. The lowest BCUT2D eigenvalue weighted by atomic mass is 10.0. The summed E-state index contributed by atoms with van der Waals surface area (Å²) in [6.07, 6.45) is 1.76. The molecule has 0 saturated carbocycles. The van der Waals surface area contributed by atoms with Crippen LogP contribution in [0.15, 0.2) is 53.4 Å². The number of piperidine rings is 1. The van der Waals surface area contributed by atoms with Gasteiger partial charge in [-0.05, 0) is 55.2 Å². The molecule has 0 bridgehead atoms. The van der Waals surface area contributed by atoms with E-state index in [1.165, 1.54) is 16.4 Å². The number of sulfonamides is 1. The number of nitrogens with zero attached hydrogens (tertiary/aromatic N) is 1. The number of nitrogens with one attached hydrogen (secondary N) is 1. The maximum absolute atomic E-state index is 12.7. The van der Waals surface area contributed by atoms with Crippen LogP contribution in [0, 0.1) is 5.92 Å². The molecule has 0 spiro atoms. The first-order valence-corrected chi connectivity index (χ1v) is 11.0. The van der Waals surface area contributed by atoms with Crippen molar-refractivity contribution in [2.75, 3.05) is 32.1 Å². The number of anilines is 1. The van der Waals surface area contributed by atoms with Crippen LogP contribution in [0.1, 0.15) is 19.8 Å². The smallest absolute Gasteiger partial charge is 0.262 e. The molecule has 1 fully saturated rings. The third-order valence-corrected chi connectivity index (χ3v) is 6.84. The summed E-state index contributed by atoms with van der Waals surface area (Å²) < 4.78 is 37.6. The molecule has 3 rings (SSSR count). The van der Waals surface area contributed by atoms with E-state index in [0.29, 0.717) is 36.2 Å². The molecule has 1 aliphatic rings. The highest BCUT2D eigenvalue weighted by atomic mass is 32.2. The number of carbonyl (C=O) groups excluding carboxylic acids is 1. The SMILES string of the molecule is COc1cccc(NC(=O)COc2ccc(S(=O)(=O)N3CCC(C)CC3)cc2)c1. The molecule has 0 radical (unpaired) electrons. The predicted octanol–water partition coefficient (Wildman–Crippen LogP) is 3.13. The van der Waals surface area contributed by atoms with E-state index in [1.54, 1.807) is 43.5 Å². The van der Waals surface area contributed by atoms with Crippen molar-refractivity contribution in [1.82, 2.24) is 4.31 Å². The summed E-state index contributed by atoms with van der Waals surface area (Å²) in [5, 5.41) is 2.72. The molecule has 2 aromatic rings. The van der Waals surface area contributed by atoms with Crippen LogP contribution in [-0.4, -0.2) is 45.4 Å². The molecule has 1 saturated heterocycles. The summed E-state index contributed by atoms with van der Waals surface area (Å²) in [4.78, 5) is 12.3. The van der Waals surface area contributed by atoms with Gasteiger partial charge in [0.2, 0.25) is 10.0 Å². The molecule has 2 aromatic carbocycles. The van der Waals surface area contributed by atoms with Crippen LogP contribution < -0.4 is 14.8 Å². The lowest BCUT2D eigenvalue weighted by Gasteiger charge is -2.29. The molecule has 7 nitrogen and oxygen atoms in total. The second kappa shape index (κ2) is 9.28. The Morgan fingerprint density at radius 2 is 1.79 bits per heavy atom. The molecule has 1 heterocycles. The fourth-order valence-corrected chi connectivity index (χ4v) is 4.60. The van der Waals surface area contributed by atoms with Crippen LogP contribution in [0.4, 0.5) is 5.69 Å². The summed E-state index contributed by atoms with van der Waals surface area (Å²) in [5.41, 5.74) is 0.607. The maximum Gasteiger partial charge on any atom is 0.262 e. The highest BCUT2D eigenvalue weighted by Crippen LogP contribution is 2.25. The van der Waals surface area contributed by atoms with E-state index < -0.39 is 10.0 Å². The van der Waals surface area contributed by atoms with Gasteiger partial charge in [0, 0.05) is 24.8 Å². The number of hydrogen-bond acceptors (Lipinski definition) is 5. The molecule has 8 heteroatoms. The van der Waals surface area contributed by atoms with Gasteiger partial charge in [0.1, 0.15) is 11.5 Å². The van der Waals surface area contributed by atoms with Gasteiger partial charge in [0.25, 0.3) is 5.91 Å². The Bertz CT molecular complexity index is 936. The van der Waals surface area contributed by atoms with Crippen molar-refractivity contribution < 1.29 is 22.7 Å². The largest absolute Gasteiger partial charge is 0.497 e. The van der Waals surface area contributed by atoms with E-state index >= 15 is 0 Å². The normalized spacial score (nSPS) is 15.7. The van der Waals surface area contributed by atoms with E-state index in [2.05, 4.69) is 12.2 Å². The molecular formula is C21H26N2O5S. The summed E-state index contributed by atoms with van der Waals surface area (Å²) in [6.45, 7) is 3.05. The first-order valence-electron chi connectivity index (χ1n) is 9.55. The number of carbonyl (C=O) groups is 1. The average molecular weight is 419 g/mol. The minimum absolute atomic E-state index is 0.187. The van der Waals surface area contributed by atoms with E-state index in [9.17, 15) is 13.2 Å². The molecule has 1 amide bonds. The van der Waals surface area contributed by atoms with Crippen molar-refractivity contribution in [2.24, 2.45) is 5.92 Å². The Balaban J connectivity index is 1.55. The van der Waals surface area contributed by atoms with Crippen LogP contribution in [0.5, 0.6) is 11.5 Å². The van der Waals surface area contributed by atoms with Gasteiger partial charge in [0.05, 0.1) is 12.0 Å². The zero-order valence-electron chi connectivity index (χ0n) is 16.6. The topological polar surface area (TPSA) is 84.9 Å². The zero-order chi connectivity index (χ0) is 20.9. The Morgan fingerprint density at radius 3 is 2.45 bits per heavy atom. The number of benzene rings is 2. The molecule has 156 valence electrons. The van der Waals surface area contributed by atoms with Crippen LogP contribution in [0.2, 0.25) is 0 Å². The molecule has 0 aromatic heterocycles. The second-order valence-electron chi connectivity index (χ2n) is 7.13. The van der Waals surface area contributed by atoms with E-state index in [1.807, 2.05) is 0 Å². The highest BCUT2D eigenvalue weighted by Gasteiger charge is 2.27. The Kier molecular flexibility index (Phi) is 6.76. The summed E-state index contributed by atoms with van der Waals surface area (Å²) >= 11 is 0. The van der Waals surface area contributed by atoms with Gasteiger partial charge in [-0.2, -0.15) is 4.31 Å². The van der Waals surface area contributed by atoms with Crippen LogP contribution in [0.25, 0.3) is 0 Å². The summed E-state index contributed by atoms with van der Waals surface area (Å²) in [7, 11) is -1.94. The third kappa shape index (κ3) is 5.48. The molecule has 1 N–H and O–H groups in total. The van der Waals surface area contributed by atoms with Crippen molar-refractivity contribution >= 4 is 21.6 Å². The van der Waals surface area contributed by atoms with E-state index in [-0.39, 0.29) is 17.4 Å². The molecule has 29 heavy (non-hydrogen) atoms. The Labute approximate surface area is 171 Å². The van der Waals surface area contributed by atoms with Gasteiger partial charge in [-0.3, -0.25) is 4.79 Å². The fraction of sp³-hybridized carbons (Fsp3) is 0.381. The maximum atomic E-state index is 12.7. The number of methoxy groups -OCH3 is 1. The predicted molar refractivity (Wildman–Crippen MR) is 111 cm³/mol. The molecule has 0 aliphatic carbocycles. The highest BCUT2D eigenvalue weighted by molar-refractivity contribution is 7.89. The van der Waals surface area contributed by atoms with Crippen LogP contribution in [0.3, 0.4) is 0 Å². The van der Waals surface area contributed by atoms with Crippen molar-refractivity contribution in [2.45, 2.75) is 24.7 Å². The molecule has 0 unspecified atom stereocenters. The zero-order valence-corrected chi connectivity index (χ0v) is 17.4. The van der Waals surface area contributed by atoms with Crippen molar-refractivity contribution in [3.8, 4) is 11.5 Å². The quantitative estimate of drug-likeness (QED) is 0.747. The molecule has 0 atom stereocenters. The van der Waals surface area contributed by atoms with Crippen molar-refractivity contribution in [3.05, 3.63) is 48.5 Å². The monoisotopic (exact) mass is 418 g/mol. The van der Waals surface area contributed by atoms with Gasteiger partial charge in [0.15, 0.2) is 6.61 Å². The number of hydrogen-bond donors (Lipinski definition) is 1. The first kappa shape index (κ1) is 21.1. The second-order valence-corrected chi connectivity index (χ2v) is 9.06. The Hall–Kier alpha value is -2.58. The molecular weight excluding hydrogens is 392 g/mol. The number of rotatable bonds is 7.